The number of morpholine rings is 1. The molecule has 1 fully saturated rings. The van der Waals surface area contributed by atoms with Gasteiger partial charge in [0.1, 0.15) is 29.1 Å². The topological polar surface area (TPSA) is 111 Å². The van der Waals surface area contributed by atoms with Gasteiger partial charge >= 0.3 is 0 Å². The van der Waals surface area contributed by atoms with Crippen LogP contribution in [0.3, 0.4) is 0 Å². The van der Waals surface area contributed by atoms with E-state index in [1.807, 2.05) is 43.3 Å². The number of carbonyl (C=O) groups is 1. The van der Waals surface area contributed by atoms with E-state index in [1.165, 1.54) is 4.31 Å². The molecular weight excluding hydrogens is 406 g/mol. The Labute approximate surface area is 176 Å². The molecule has 1 aromatic rings. The number of carbonyl (C=O) groups excluding carboxylic acids is 1. The number of hydrogen-bond donors (Lipinski definition) is 2. The Morgan fingerprint density at radius 3 is 2.87 bits per heavy atom. The SMILES string of the molecule is CC12CC=CC=C1C(S(=O)(=O)N1CCOC(COc3ccccc3)C1)=C(C(N)=O)N2. The fourth-order valence-electron chi connectivity index (χ4n) is 3.96. The average molecular weight is 432 g/mol. The van der Waals surface area contributed by atoms with Crippen LogP contribution in [0.25, 0.3) is 0 Å². The first-order chi connectivity index (χ1) is 14.3. The van der Waals surface area contributed by atoms with Crippen molar-refractivity contribution in [3.8, 4) is 5.75 Å². The molecule has 1 aliphatic carbocycles. The highest BCUT2D eigenvalue weighted by Gasteiger charge is 2.48. The van der Waals surface area contributed by atoms with Gasteiger partial charge in [-0.3, -0.25) is 4.79 Å². The van der Waals surface area contributed by atoms with Gasteiger partial charge in [-0.05, 0) is 31.1 Å². The Balaban J connectivity index is 1.57. The lowest BCUT2D eigenvalue weighted by Gasteiger charge is -2.33. The number of amides is 1. The number of allylic oxidation sites excluding steroid dienone is 2. The molecule has 9 heteroatoms. The van der Waals surface area contributed by atoms with E-state index in [0.717, 1.165) is 0 Å². The van der Waals surface area contributed by atoms with Crippen molar-refractivity contribution in [2.45, 2.75) is 25.0 Å². The van der Waals surface area contributed by atoms with E-state index in [9.17, 15) is 13.2 Å². The van der Waals surface area contributed by atoms with Gasteiger partial charge in [-0.25, -0.2) is 8.42 Å². The lowest BCUT2D eigenvalue weighted by molar-refractivity contribution is -0.115. The molecule has 1 saturated heterocycles. The molecule has 2 atom stereocenters. The summed E-state index contributed by atoms with van der Waals surface area (Å²) in [6.45, 7) is 2.65. The molecular formula is C21H25N3O5S. The van der Waals surface area contributed by atoms with E-state index in [-0.39, 0.29) is 36.9 Å². The largest absolute Gasteiger partial charge is 0.491 e. The maximum absolute atomic E-state index is 13.6. The van der Waals surface area contributed by atoms with Crippen LogP contribution in [0.15, 0.2) is 64.7 Å². The van der Waals surface area contributed by atoms with Crippen molar-refractivity contribution in [2.75, 3.05) is 26.3 Å². The summed E-state index contributed by atoms with van der Waals surface area (Å²) in [4.78, 5) is 12.0. The molecule has 30 heavy (non-hydrogen) atoms. The van der Waals surface area contributed by atoms with Crippen molar-refractivity contribution < 1.29 is 22.7 Å². The standard InChI is InChI=1S/C21H25N3O5S/c1-21-10-6-5-9-17(21)19(18(23-21)20(22)25)30(26,27)24-11-12-28-16(13-24)14-29-15-7-3-2-4-8-15/h2-9,16,23H,10-14H2,1H3,(H2,22,25). The zero-order valence-corrected chi connectivity index (χ0v) is 17.5. The number of rotatable bonds is 6. The van der Waals surface area contributed by atoms with Gasteiger partial charge in [0.2, 0.25) is 10.0 Å². The fraction of sp³-hybridized carbons (Fsp3) is 0.381. The third-order valence-corrected chi connectivity index (χ3v) is 7.47. The molecule has 3 N–H and O–H groups in total. The van der Waals surface area contributed by atoms with Crippen molar-refractivity contribution >= 4 is 15.9 Å². The summed E-state index contributed by atoms with van der Waals surface area (Å²) >= 11 is 0. The zero-order chi connectivity index (χ0) is 21.4. The Morgan fingerprint density at radius 2 is 2.13 bits per heavy atom. The molecule has 0 spiro atoms. The molecule has 1 amide bonds. The van der Waals surface area contributed by atoms with E-state index >= 15 is 0 Å². The van der Waals surface area contributed by atoms with Crippen molar-refractivity contribution in [1.29, 1.82) is 0 Å². The van der Waals surface area contributed by atoms with Crippen LogP contribution in [0.1, 0.15) is 13.3 Å². The van der Waals surface area contributed by atoms with Crippen LogP contribution in [0.4, 0.5) is 0 Å². The van der Waals surface area contributed by atoms with Crippen LogP contribution in [0, 0.1) is 0 Å². The number of nitrogens with one attached hydrogen (secondary N) is 1. The van der Waals surface area contributed by atoms with E-state index in [1.54, 1.807) is 12.2 Å². The fourth-order valence-corrected chi connectivity index (χ4v) is 5.88. The molecule has 0 radical (unpaired) electrons. The minimum atomic E-state index is -3.97. The first-order valence-electron chi connectivity index (χ1n) is 9.81. The molecule has 0 aromatic heterocycles. The predicted octanol–water partition coefficient (Wildman–Crippen LogP) is 1.04. The molecule has 4 rings (SSSR count). The summed E-state index contributed by atoms with van der Waals surface area (Å²) in [5.41, 5.74) is 5.35. The summed E-state index contributed by atoms with van der Waals surface area (Å²) in [5, 5.41) is 3.05. The lowest BCUT2D eigenvalue weighted by atomic mass is 9.87. The number of benzene rings is 1. The van der Waals surface area contributed by atoms with Gasteiger partial charge in [0, 0.05) is 13.1 Å². The average Bonchev–Trinajstić information content (AvgIpc) is 3.07. The number of nitrogens with zero attached hydrogens (tertiary/aromatic N) is 1. The van der Waals surface area contributed by atoms with Gasteiger partial charge in [-0.2, -0.15) is 4.31 Å². The Hall–Kier alpha value is -2.62. The zero-order valence-electron chi connectivity index (χ0n) is 16.7. The van der Waals surface area contributed by atoms with Gasteiger partial charge in [-0.15, -0.1) is 0 Å². The first kappa shape index (κ1) is 20.6. The van der Waals surface area contributed by atoms with Gasteiger partial charge in [-0.1, -0.05) is 36.4 Å². The number of primary amides is 1. The summed E-state index contributed by atoms with van der Waals surface area (Å²) in [7, 11) is -3.97. The van der Waals surface area contributed by atoms with Crippen LogP contribution in [-0.2, 0) is 19.6 Å². The van der Waals surface area contributed by atoms with E-state index < -0.39 is 27.6 Å². The predicted molar refractivity (Wildman–Crippen MR) is 112 cm³/mol. The monoisotopic (exact) mass is 431 g/mol. The summed E-state index contributed by atoms with van der Waals surface area (Å²) in [6, 6.07) is 9.27. The highest BCUT2D eigenvalue weighted by molar-refractivity contribution is 7.93. The second-order valence-electron chi connectivity index (χ2n) is 7.72. The van der Waals surface area contributed by atoms with Crippen LogP contribution < -0.4 is 15.8 Å². The third-order valence-electron chi connectivity index (χ3n) is 5.52. The highest BCUT2D eigenvalue weighted by Crippen LogP contribution is 2.42. The van der Waals surface area contributed by atoms with Gasteiger partial charge in [0.05, 0.1) is 12.1 Å². The Bertz CT molecular complexity index is 1030. The van der Waals surface area contributed by atoms with Gasteiger partial charge < -0.3 is 20.5 Å². The number of fused-ring (bicyclic) bond motifs is 1. The Kier molecular flexibility index (Phi) is 5.44. The lowest BCUT2D eigenvalue weighted by Crippen LogP contribution is -2.48. The quantitative estimate of drug-likeness (QED) is 0.696. The minimum Gasteiger partial charge on any atom is -0.491 e. The second-order valence-corrected chi connectivity index (χ2v) is 9.59. The van der Waals surface area contributed by atoms with E-state index in [2.05, 4.69) is 5.32 Å². The molecule has 2 heterocycles. The molecule has 0 bridgehead atoms. The minimum absolute atomic E-state index is 0.0357. The van der Waals surface area contributed by atoms with Gasteiger partial charge in [0.15, 0.2) is 0 Å². The number of para-hydroxylation sites is 1. The summed E-state index contributed by atoms with van der Waals surface area (Å²) < 4.78 is 39.9. The molecule has 2 unspecified atom stereocenters. The maximum Gasteiger partial charge on any atom is 0.266 e. The van der Waals surface area contributed by atoms with Crippen LogP contribution in [0.2, 0.25) is 0 Å². The third kappa shape index (κ3) is 3.76. The van der Waals surface area contributed by atoms with Crippen molar-refractivity contribution in [3.63, 3.8) is 0 Å². The summed E-state index contributed by atoms with van der Waals surface area (Å²) in [6.07, 6.45) is 5.60. The number of nitrogens with two attached hydrogens (primary N) is 1. The summed E-state index contributed by atoms with van der Waals surface area (Å²) in [5.74, 6) is -0.1000. The van der Waals surface area contributed by atoms with Crippen LogP contribution >= 0.6 is 0 Å². The molecule has 8 nitrogen and oxygen atoms in total. The molecule has 0 saturated carbocycles. The molecule has 3 aliphatic rings. The highest BCUT2D eigenvalue weighted by atomic mass is 32.2. The maximum atomic E-state index is 13.6. The molecule has 160 valence electrons. The first-order valence-corrected chi connectivity index (χ1v) is 11.2. The van der Waals surface area contributed by atoms with Crippen LogP contribution in [-0.4, -0.2) is 56.6 Å². The Morgan fingerprint density at radius 1 is 1.37 bits per heavy atom. The normalized spacial score (nSPS) is 26.7. The van der Waals surface area contributed by atoms with Crippen molar-refractivity contribution in [1.82, 2.24) is 9.62 Å². The second kappa shape index (κ2) is 7.90. The van der Waals surface area contributed by atoms with Crippen LogP contribution in [0.5, 0.6) is 5.75 Å². The molecule has 1 aromatic carbocycles. The number of sulfonamides is 1. The number of hydrogen-bond acceptors (Lipinski definition) is 6. The van der Waals surface area contributed by atoms with E-state index in [0.29, 0.717) is 17.7 Å². The van der Waals surface area contributed by atoms with Crippen molar-refractivity contribution in [2.24, 2.45) is 5.73 Å². The van der Waals surface area contributed by atoms with Crippen molar-refractivity contribution in [3.05, 3.63) is 64.7 Å². The smallest absolute Gasteiger partial charge is 0.266 e. The van der Waals surface area contributed by atoms with E-state index in [4.69, 9.17) is 15.2 Å². The number of ether oxygens (including phenoxy) is 2. The molecule has 2 aliphatic heterocycles. The van der Waals surface area contributed by atoms with Gasteiger partial charge in [0.25, 0.3) is 5.91 Å².